The van der Waals surface area contributed by atoms with Crippen molar-refractivity contribution in [1.29, 1.82) is 0 Å². The SMILES string of the molecule is CC(C=S)C(=O)O. The molecule has 0 spiro atoms. The van der Waals surface area contributed by atoms with Crippen molar-refractivity contribution in [3.8, 4) is 0 Å². The van der Waals surface area contributed by atoms with E-state index >= 15 is 0 Å². The number of aliphatic carboxylic acids is 1. The summed E-state index contributed by atoms with van der Waals surface area (Å²) >= 11 is 4.35. The van der Waals surface area contributed by atoms with Crippen LogP contribution in [-0.4, -0.2) is 16.4 Å². The molecule has 1 N–H and O–H groups in total. The third-order valence-corrected chi connectivity index (χ3v) is 1.00. The standard InChI is InChI=1S/C4H6O2S/c1-3(2-7)4(5)6/h2-3H,1H3,(H,5,6). The van der Waals surface area contributed by atoms with Gasteiger partial charge in [-0.3, -0.25) is 4.79 Å². The van der Waals surface area contributed by atoms with Crippen molar-refractivity contribution in [3.05, 3.63) is 0 Å². The zero-order valence-corrected chi connectivity index (χ0v) is 4.73. The number of thiocarbonyl (C=S) groups is 1. The predicted molar refractivity (Wildman–Crippen MR) is 30.5 cm³/mol. The molecule has 0 saturated carbocycles. The van der Waals surface area contributed by atoms with E-state index in [1.807, 2.05) is 0 Å². The maximum atomic E-state index is 9.83. The highest BCUT2D eigenvalue weighted by Crippen LogP contribution is 1.86. The van der Waals surface area contributed by atoms with Crippen LogP contribution in [-0.2, 0) is 4.79 Å². The summed E-state index contributed by atoms with van der Waals surface area (Å²) in [5, 5.41) is 9.31. The lowest BCUT2D eigenvalue weighted by atomic mass is 10.2. The van der Waals surface area contributed by atoms with Crippen molar-refractivity contribution in [2.45, 2.75) is 6.92 Å². The molecular formula is C4H6O2S. The summed E-state index contributed by atoms with van der Waals surface area (Å²) in [6, 6.07) is 0. The number of carbonyl (C=O) groups is 1. The number of carboxylic acids is 1. The van der Waals surface area contributed by atoms with Gasteiger partial charge in [-0.2, -0.15) is 0 Å². The summed E-state index contributed by atoms with van der Waals surface area (Å²) in [5.41, 5.74) is 0. The number of carboxylic acid groups (broad SMARTS) is 1. The van der Waals surface area contributed by atoms with Gasteiger partial charge in [0.1, 0.15) is 0 Å². The van der Waals surface area contributed by atoms with Gasteiger partial charge in [0.05, 0.1) is 5.92 Å². The van der Waals surface area contributed by atoms with Crippen LogP contribution in [0.15, 0.2) is 0 Å². The molecular weight excluding hydrogens is 112 g/mol. The van der Waals surface area contributed by atoms with E-state index in [1.54, 1.807) is 0 Å². The van der Waals surface area contributed by atoms with Gasteiger partial charge in [0.2, 0.25) is 0 Å². The lowest BCUT2D eigenvalue weighted by Crippen LogP contribution is -2.08. The van der Waals surface area contributed by atoms with Gasteiger partial charge in [-0.15, -0.1) is 0 Å². The third-order valence-electron chi connectivity index (χ3n) is 0.594. The zero-order chi connectivity index (χ0) is 5.86. The largest absolute Gasteiger partial charge is 0.481 e. The van der Waals surface area contributed by atoms with Gasteiger partial charge in [0.25, 0.3) is 0 Å². The van der Waals surface area contributed by atoms with E-state index in [0.29, 0.717) is 0 Å². The van der Waals surface area contributed by atoms with Crippen molar-refractivity contribution in [2.75, 3.05) is 0 Å². The summed E-state index contributed by atoms with van der Waals surface area (Å²) < 4.78 is 0. The molecule has 0 radical (unpaired) electrons. The molecule has 0 bridgehead atoms. The van der Waals surface area contributed by atoms with E-state index < -0.39 is 11.9 Å². The molecule has 0 aliphatic carbocycles. The van der Waals surface area contributed by atoms with Crippen LogP contribution in [0.1, 0.15) is 6.92 Å². The minimum Gasteiger partial charge on any atom is -0.481 e. The van der Waals surface area contributed by atoms with E-state index in [0.717, 1.165) is 0 Å². The van der Waals surface area contributed by atoms with E-state index in [-0.39, 0.29) is 0 Å². The predicted octanol–water partition coefficient (Wildman–Crippen LogP) is 0.707. The van der Waals surface area contributed by atoms with Gasteiger partial charge in [0, 0.05) is 0 Å². The summed E-state index contributed by atoms with van der Waals surface area (Å²) in [5.74, 6) is -1.36. The highest BCUT2D eigenvalue weighted by Gasteiger charge is 2.03. The molecule has 0 aliphatic rings. The van der Waals surface area contributed by atoms with Gasteiger partial charge >= 0.3 is 5.97 Å². The molecule has 0 aromatic carbocycles. The Balaban J connectivity index is 3.55. The lowest BCUT2D eigenvalue weighted by molar-refractivity contribution is -0.138. The van der Waals surface area contributed by atoms with Crippen LogP contribution in [0.3, 0.4) is 0 Å². The number of hydrogen-bond acceptors (Lipinski definition) is 2. The van der Waals surface area contributed by atoms with E-state index in [2.05, 4.69) is 12.2 Å². The molecule has 1 unspecified atom stereocenters. The van der Waals surface area contributed by atoms with Crippen molar-refractivity contribution >= 4 is 23.6 Å². The lowest BCUT2D eigenvalue weighted by Gasteiger charge is -1.90. The van der Waals surface area contributed by atoms with Crippen LogP contribution >= 0.6 is 12.2 Å². The normalized spacial score (nSPS) is 12.7. The Morgan fingerprint density at radius 2 is 2.43 bits per heavy atom. The molecule has 40 valence electrons. The quantitative estimate of drug-likeness (QED) is 0.542. The Bertz CT molecular complexity index is 89.7. The first-order chi connectivity index (χ1) is 3.18. The topological polar surface area (TPSA) is 37.3 Å². The molecule has 7 heavy (non-hydrogen) atoms. The summed E-state index contributed by atoms with van der Waals surface area (Å²) in [6.45, 7) is 1.54. The van der Waals surface area contributed by atoms with Crippen LogP contribution in [0.4, 0.5) is 0 Å². The molecule has 0 aliphatic heterocycles. The van der Waals surface area contributed by atoms with Gasteiger partial charge < -0.3 is 5.11 Å². The Labute approximate surface area is 47.1 Å². The summed E-state index contributed by atoms with van der Waals surface area (Å²) in [4.78, 5) is 9.83. The number of hydrogen-bond donors (Lipinski definition) is 1. The van der Waals surface area contributed by atoms with Crippen LogP contribution in [0.2, 0.25) is 0 Å². The second-order valence-corrected chi connectivity index (χ2v) is 1.54. The highest BCUT2D eigenvalue weighted by atomic mass is 32.1. The molecule has 0 fully saturated rings. The average Bonchev–Trinajstić information content (AvgIpc) is 1.65. The number of rotatable bonds is 2. The maximum Gasteiger partial charge on any atom is 0.310 e. The fraction of sp³-hybridized carbons (Fsp3) is 0.500. The van der Waals surface area contributed by atoms with Crippen LogP contribution in [0.25, 0.3) is 0 Å². The van der Waals surface area contributed by atoms with Crippen LogP contribution in [0.5, 0.6) is 0 Å². The molecule has 0 aromatic heterocycles. The second kappa shape index (κ2) is 2.69. The summed E-state index contributed by atoms with van der Waals surface area (Å²) in [7, 11) is 0. The van der Waals surface area contributed by atoms with Gasteiger partial charge in [-0.25, -0.2) is 0 Å². The fourth-order valence-electron chi connectivity index (χ4n) is 0.0582. The molecule has 0 aromatic rings. The molecule has 0 rings (SSSR count). The van der Waals surface area contributed by atoms with E-state index in [1.165, 1.54) is 12.3 Å². The van der Waals surface area contributed by atoms with Gasteiger partial charge in [-0.05, 0) is 12.3 Å². The molecule has 0 amide bonds. The molecule has 2 nitrogen and oxygen atoms in total. The first-order valence-corrected chi connectivity index (χ1v) is 2.33. The smallest absolute Gasteiger partial charge is 0.310 e. The Hall–Kier alpha value is -0.440. The molecule has 3 heteroatoms. The van der Waals surface area contributed by atoms with E-state index in [9.17, 15) is 4.79 Å². The minimum atomic E-state index is -0.866. The maximum absolute atomic E-state index is 9.83. The molecule has 0 saturated heterocycles. The van der Waals surface area contributed by atoms with Crippen LogP contribution < -0.4 is 0 Å². The van der Waals surface area contributed by atoms with Crippen molar-refractivity contribution in [2.24, 2.45) is 5.92 Å². The van der Waals surface area contributed by atoms with Gasteiger partial charge in [0.15, 0.2) is 0 Å². The first kappa shape index (κ1) is 6.56. The van der Waals surface area contributed by atoms with E-state index in [4.69, 9.17) is 5.11 Å². The van der Waals surface area contributed by atoms with Crippen LogP contribution in [0, 0.1) is 5.92 Å². The first-order valence-electron chi connectivity index (χ1n) is 1.86. The Morgan fingerprint density at radius 1 is 2.00 bits per heavy atom. The summed E-state index contributed by atoms with van der Waals surface area (Å²) in [6.07, 6.45) is 0. The fourth-order valence-corrected chi connectivity index (χ4v) is 0.175. The zero-order valence-electron chi connectivity index (χ0n) is 3.92. The van der Waals surface area contributed by atoms with Crippen molar-refractivity contribution < 1.29 is 9.90 Å². The Morgan fingerprint density at radius 3 is 2.43 bits per heavy atom. The van der Waals surface area contributed by atoms with Crippen molar-refractivity contribution in [3.63, 3.8) is 0 Å². The Kier molecular flexibility index (Phi) is 2.52. The third kappa shape index (κ3) is 2.28. The van der Waals surface area contributed by atoms with Gasteiger partial charge in [-0.1, -0.05) is 12.2 Å². The monoisotopic (exact) mass is 118 g/mol. The second-order valence-electron chi connectivity index (χ2n) is 1.26. The minimum absolute atomic E-state index is 0.491. The molecule has 1 atom stereocenters. The average molecular weight is 118 g/mol. The molecule has 0 heterocycles. The van der Waals surface area contributed by atoms with Crippen molar-refractivity contribution in [1.82, 2.24) is 0 Å². The highest BCUT2D eigenvalue weighted by molar-refractivity contribution is 7.79.